The quantitative estimate of drug-likeness (QED) is 0.873. The van der Waals surface area contributed by atoms with Crippen molar-refractivity contribution in [2.24, 2.45) is 0 Å². The zero-order valence-electron chi connectivity index (χ0n) is 14.4. The summed E-state index contributed by atoms with van der Waals surface area (Å²) >= 11 is 0. The van der Waals surface area contributed by atoms with E-state index >= 15 is 0 Å². The minimum absolute atomic E-state index is 0.0361. The van der Waals surface area contributed by atoms with E-state index in [9.17, 15) is 9.59 Å². The van der Waals surface area contributed by atoms with Crippen LogP contribution in [-0.2, 0) is 16.0 Å². The lowest BCUT2D eigenvalue weighted by Crippen LogP contribution is -2.47. The summed E-state index contributed by atoms with van der Waals surface area (Å²) in [5.41, 5.74) is 1.91. The van der Waals surface area contributed by atoms with Crippen LogP contribution in [0.4, 0.5) is 5.69 Å². The molecule has 3 aliphatic heterocycles. The maximum absolute atomic E-state index is 12.3. The van der Waals surface area contributed by atoms with Crippen LogP contribution in [0.15, 0.2) is 18.2 Å². The molecule has 4 rings (SSSR count). The Hall–Kier alpha value is -2.08. The van der Waals surface area contributed by atoms with Crippen LogP contribution in [0.1, 0.15) is 37.7 Å². The number of benzene rings is 1. The Kier molecular flexibility index (Phi) is 4.61. The van der Waals surface area contributed by atoms with Crippen molar-refractivity contribution >= 4 is 17.5 Å². The molecule has 1 aromatic carbocycles. The third-order valence-corrected chi connectivity index (χ3v) is 5.54. The molecule has 0 aromatic heterocycles. The molecule has 3 heterocycles. The first-order valence-corrected chi connectivity index (χ1v) is 9.28. The Morgan fingerprint density at radius 2 is 2.16 bits per heavy atom. The van der Waals surface area contributed by atoms with Crippen LogP contribution in [0.5, 0.6) is 5.75 Å². The fraction of sp³-hybridized carbons (Fsp3) is 0.579. The first kappa shape index (κ1) is 16.4. The molecule has 0 spiro atoms. The van der Waals surface area contributed by atoms with Gasteiger partial charge in [-0.05, 0) is 56.0 Å². The molecular weight excluding hydrogens is 318 g/mol. The number of piperidine rings is 1. The molecule has 1 aromatic rings. The lowest BCUT2D eigenvalue weighted by Gasteiger charge is -2.32. The highest BCUT2D eigenvalue weighted by Crippen LogP contribution is 2.28. The van der Waals surface area contributed by atoms with Crippen molar-refractivity contribution in [3.63, 3.8) is 0 Å². The fourth-order valence-corrected chi connectivity index (χ4v) is 4.26. The molecule has 2 N–H and O–H groups in total. The van der Waals surface area contributed by atoms with E-state index in [1.165, 1.54) is 25.8 Å². The predicted molar refractivity (Wildman–Crippen MR) is 94.6 cm³/mol. The summed E-state index contributed by atoms with van der Waals surface area (Å²) < 4.78 is 5.67. The molecule has 25 heavy (non-hydrogen) atoms. The minimum Gasteiger partial charge on any atom is -0.484 e. The van der Waals surface area contributed by atoms with Gasteiger partial charge in [-0.1, -0.05) is 6.42 Å². The number of ether oxygens (including phenoxy) is 1. The van der Waals surface area contributed by atoms with Crippen molar-refractivity contribution < 1.29 is 14.3 Å². The maximum Gasteiger partial charge on any atom is 0.258 e. The number of hydrogen-bond donors (Lipinski definition) is 2. The van der Waals surface area contributed by atoms with Gasteiger partial charge in [0.25, 0.3) is 5.91 Å². The molecule has 2 saturated heterocycles. The third-order valence-electron chi connectivity index (χ3n) is 5.54. The molecule has 0 aliphatic carbocycles. The van der Waals surface area contributed by atoms with Crippen molar-refractivity contribution in [1.82, 2.24) is 10.2 Å². The SMILES string of the molecule is O=C1CCc2cc(OCC(=O)N[C@@H]3CCN4CCCC[C@@H]34)ccc2N1. The van der Waals surface area contributed by atoms with Gasteiger partial charge in [-0.3, -0.25) is 14.5 Å². The van der Waals surface area contributed by atoms with Crippen molar-refractivity contribution in [2.45, 2.75) is 50.6 Å². The van der Waals surface area contributed by atoms with Gasteiger partial charge in [-0.15, -0.1) is 0 Å². The average molecular weight is 343 g/mol. The van der Waals surface area contributed by atoms with E-state index in [2.05, 4.69) is 15.5 Å². The van der Waals surface area contributed by atoms with Crippen molar-refractivity contribution in [1.29, 1.82) is 0 Å². The van der Waals surface area contributed by atoms with E-state index in [4.69, 9.17) is 4.74 Å². The first-order chi connectivity index (χ1) is 12.2. The smallest absolute Gasteiger partial charge is 0.258 e. The second-order valence-corrected chi connectivity index (χ2v) is 7.22. The van der Waals surface area contributed by atoms with Gasteiger partial charge in [0.05, 0.1) is 0 Å². The fourth-order valence-electron chi connectivity index (χ4n) is 4.26. The molecule has 2 amide bonds. The summed E-state index contributed by atoms with van der Waals surface area (Å²) in [6, 6.07) is 6.33. The second-order valence-electron chi connectivity index (χ2n) is 7.22. The normalized spacial score (nSPS) is 25.7. The summed E-state index contributed by atoms with van der Waals surface area (Å²) in [7, 11) is 0. The molecular formula is C19H25N3O3. The van der Waals surface area contributed by atoms with E-state index in [0.717, 1.165) is 24.2 Å². The molecule has 0 saturated carbocycles. The Bertz CT molecular complexity index is 676. The van der Waals surface area contributed by atoms with Gasteiger partial charge in [-0.2, -0.15) is 0 Å². The molecule has 0 bridgehead atoms. The van der Waals surface area contributed by atoms with Gasteiger partial charge in [-0.25, -0.2) is 0 Å². The number of nitrogens with one attached hydrogen (secondary N) is 2. The van der Waals surface area contributed by atoms with Gasteiger partial charge < -0.3 is 15.4 Å². The molecule has 6 heteroatoms. The van der Waals surface area contributed by atoms with Crippen molar-refractivity contribution in [2.75, 3.05) is 25.0 Å². The predicted octanol–water partition coefficient (Wildman–Crippen LogP) is 1.69. The Labute approximate surface area is 147 Å². The number of fused-ring (bicyclic) bond motifs is 2. The standard InChI is InChI=1S/C19H25N3O3/c23-18-7-4-13-11-14(5-6-15(13)20-18)25-12-19(24)21-16-8-10-22-9-2-1-3-17(16)22/h5-6,11,16-17H,1-4,7-10,12H2,(H,20,23)(H,21,24)/t16-,17+/m1/s1. The highest BCUT2D eigenvalue weighted by Gasteiger charge is 2.36. The molecule has 0 unspecified atom stereocenters. The van der Waals surface area contributed by atoms with E-state index in [0.29, 0.717) is 24.6 Å². The molecule has 6 nitrogen and oxygen atoms in total. The molecule has 134 valence electrons. The molecule has 2 atom stereocenters. The summed E-state index contributed by atoms with van der Waals surface area (Å²) in [6.45, 7) is 2.29. The Morgan fingerprint density at radius 1 is 1.24 bits per heavy atom. The van der Waals surface area contributed by atoms with Gasteiger partial charge in [0.2, 0.25) is 5.91 Å². The summed E-state index contributed by atoms with van der Waals surface area (Å²) in [5, 5.41) is 6.00. The van der Waals surface area contributed by atoms with E-state index in [1.807, 2.05) is 12.1 Å². The largest absolute Gasteiger partial charge is 0.484 e. The number of hydrogen-bond acceptors (Lipinski definition) is 4. The Morgan fingerprint density at radius 3 is 3.08 bits per heavy atom. The number of aryl methyl sites for hydroxylation is 1. The number of anilines is 1. The summed E-state index contributed by atoms with van der Waals surface area (Å²) in [5.74, 6) is 0.674. The van der Waals surface area contributed by atoms with Crippen molar-refractivity contribution in [3.05, 3.63) is 23.8 Å². The maximum atomic E-state index is 12.3. The monoisotopic (exact) mass is 343 g/mol. The lowest BCUT2D eigenvalue weighted by atomic mass is 9.99. The molecule has 3 aliphatic rings. The zero-order chi connectivity index (χ0) is 17.2. The van der Waals surface area contributed by atoms with Gasteiger partial charge in [0, 0.05) is 30.7 Å². The van der Waals surface area contributed by atoms with Crippen LogP contribution in [0.2, 0.25) is 0 Å². The Balaban J connectivity index is 1.29. The van der Waals surface area contributed by atoms with Crippen LogP contribution in [0, 0.1) is 0 Å². The van der Waals surface area contributed by atoms with Gasteiger partial charge in [0.1, 0.15) is 5.75 Å². The summed E-state index contributed by atoms with van der Waals surface area (Å²) in [6.07, 6.45) is 5.96. The van der Waals surface area contributed by atoms with E-state index in [-0.39, 0.29) is 24.5 Å². The highest BCUT2D eigenvalue weighted by molar-refractivity contribution is 5.94. The van der Waals surface area contributed by atoms with Crippen LogP contribution in [0.25, 0.3) is 0 Å². The van der Waals surface area contributed by atoms with Crippen LogP contribution < -0.4 is 15.4 Å². The topological polar surface area (TPSA) is 70.7 Å². The average Bonchev–Trinajstić information content (AvgIpc) is 3.03. The molecule has 2 fully saturated rings. The number of rotatable bonds is 4. The highest BCUT2D eigenvalue weighted by atomic mass is 16.5. The number of carbonyl (C=O) groups is 2. The number of amides is 2. The number of carbonyl (C=O) groups excluding carboxylic acids is 2. The molecule has 0 radical (unpaired) electrons. The zero-order valence-corrected chi connectivity index (χ0v) is 14.4. The van der Waals surface area contributed by atoms with Crippen LogP contribution in [0.3, 0.4) is 0 Å². The van der Waals surface area contributed by atoms with Crippen molar-refractivity contribution in [3.8, 4) is 5.75 Å². The first-order valence-electron chi connectivity index (χ1n) is 9.28. The summed E-state index contributed by atoms with van der Waals surface area (Å²) in [4.78, 5) is 26.2. The number of nitrogens with zero attached hydrogens (tertiary/aromatic N) is 1. The van der Waals surface area contributed by atoms with Crippen LogP contribution in [-0.4, -0.2) is 48.5 Å². The van der Waals surface area contributed by atoms with Gasteiger partial charge >= 0.3 is 0 Å². The van der Waals surface area contributed by atoms with E-state index < -0.39 is 0 Å². The lowest BCUT2D eigenvalue weighted by molar-refractivity contribution is -0.124. The van der Waals surface area contributed by atoms with Gasteiger partial charge in [0.15, 0.2) is 6.61 Å². The minimum atomic E-state index is -0.0524. The van der Waals surface area contributed by atoms with E-state index in [1.54, 1.807) is 6.07 Å². The van der Waals surface area contributed by atoms with Crippen LogP contribution >= 0.6 is 0 Å². The third kappa shape index (κ3) is 3.63. The second kappa shape index (κ2) is 7.04.